The summed E-state index contributed by atoms with van der Waals surface area (Å²) in [5, 5.41) is 0. The molecule has 34 heavy (non-hydrogen) atoms. The number of hydrogen-bond acceptors (Lipinski definition) is 4. The lowest BCUT2D eigenvalue weighted by molar-refractivity contribution is -0.124. The molecule has 1 unspecified atom stereocenters. The van der Waals surface area contributed by atoms with E-state index in [9.17, 15) is 9.59 Å². The van der Waals surface area contributed by atoms with Crippen molar-refractivity contribution in [1.29, 1.82) is 0 Å². The molecule has 0 spiro atoms. The van der Waals surface area contributed by atoms with Crippen LogP contribution in [0.3, 0.4) is 0 Å². The number of fused-ring (bicyclic) bond motifs is 1. The van der Waals surface area contributed by atoms with Crippen LogP contribution in [-0.2, 0) is 21.5 Å². The lowest BCUT2D eigenvalue weighted by Gasteiger charge is -2.24. The fraction of sp³-hybridized carbons (Fsp3) is 0.370. The number of nitrogen functional groups attached to an aromatic ring is 1. The molecule has 2 aliphatic heterocycles. The summed E-state index contributed by atoms with van der Waals surface area (Å²) >= 11 is 0. The number of carbonyl (C=O) groups excluding carboxylic acids is 2. The number of aryl methyl sites for hydroxylation is 1. The van der Waals surface area contributed by atoms with Gasteiger partial charge in [-0.25, -0.2) is 4.98 Å². The van der Waals surface area contributed by atoms with Crippen LogP contribution in [0.2, 0.25) is 0 Å². The SMILES string of the molecule is Cc1c(Cn2ccnc2C)ccc2c1C(C)(C)CN2C(=O)C1CC(=O)N(c2cccc(N)c2)C1. The molecule has 5 rings (SSSR count). The van der Waals surface area contributed by atoms with E-state index >= 15 is 0 Å². The summed E-state index contributed by atoms with van der Waals surface area (Å²) < 4.78 is 2.13. The molecule has 1 saturated heterocycles. The van der Waals surface area contributed by atoms with E-state index in [-0.39, 0.29) is 29.6 Å². The zero-order valence-electron chi connectivity index (χ0n) is 20.2. The number of amides is 2. The molecule has 1 aromatic heterocycles. The summed E-state index contributed by atoms with van der Waals surface area (Å²) in [6, 6.07) is 11.5. The summed E-state index contributed by atoms with van der Waals surface area (Å²) in [5.41, 5.74) is 11.7. The smallest absolute Gasteiger partial charge is 0.232 e. The fourth-order valence-electron chi connectivity index (χ4n) is 5.54. The summed E-state index contributed by atoms with van der Waals surface area (Å²) in [5.74, 6) is 0.588. The van der Waals surface area contributed by atoms with Gasteiger partial charge in [-0.3, -0.25) is 9.59 Å². The van der Waals surface area contributed by atoms with Crippen LogP contribution >= 0.6 is 0 Å². The van der Waals surface area contributed by atoms with Crippen molar-refractivity contribution in [3.63, 3.8) is 0 Å². The van der Waals surface area contributed by atoms with E-state index in [0.717, 1.165) is 23.7 Å². The molecular formula is C27H31N5O2. The predicted octanol–water partition coefficient (Wildman–Crippen LogP) is 3.81. The van der Waals surface area contributed by atoms with E-state index in [2.05, 4.69) is 42.5 Å². The van der Waals surface area contributed by atoms with Crippen molar-refractivity contribution in [2.75, 3.05) is 28.6 Å². The number of nitrogens with two attached hydrogens (primary N) is 1. The van der Waals surface area contributed by atoms with Gasteiger partial charge in [-0.1, -0.05) is 26.0 Å². The molecule has 0 aliphatic carbocycles. The number of rotatable bonds is 4. The topological polar surface area (TPSA) is 84.5 Å². The molecular weight excluding hydrogens is 426 g/mol. The van der Waals surface area contributed by atoms with Gasteiger partial charge in [0.1, 0.15) is 5.82 Å². The number of aromatic nitrogens is 2. The third-order valence-electron chi connectivity index (χ3n) is 7.26. The van der Waals surface area contributed by atoms with Gasteiger partial charge >= 0.3 is 0 Å². The van der Waals surface area contributed by atoms with Crippen molar-refractivity contribution in [3.05, 3.63) is 71.3 Å². The Labute approximate surface area is 200 Å². The monoisotopic (exact) mass is 457 g/mol. The Balaban J connectivity index is 1.42. The van der Waals surface area contributed by atoms with Crippen LogP contribution in [0.5, 0.6) is 0 Å². The minimum absolute atomic E-state index is 0.0178. The first kappa shape index (κ1) is 22.2. The van der Waals surface area contributed by atoms with Crippen molar-refractivity contribution in [3.8, 4) is 0 Å². The standard InChI is InChI=1S/C27H31N5O2/c1-17-19(14-30-11-10-29-18(30)2)8-9-23-25(17)27(3,4)16-32(23)26(34)20-12-24(33)31(15-20)22-7-5-6-21(28)13-22/h5-11,13,20H,12,14-16,28H2,1-4H3. The van der Waals surface area contributed by atoms with Crippen LogP contribution in [0.25, 0.3) is 0 Å². The molecule has 3 aromatic rings. The molecule has 1 atom stereocenters. The van der Waals surface area contributed by atoms with Crippen LogP contribution in [0.1, 0.15) is 42.8 Å². The van der Waals surface area contributed by atoms with Gasteiger partial charge in [-0.15, -0.1) is 0 Å². The number of imidazole rings is 1. The Morgan fingerprint density at radius 2 is 2.00 bits per heavy atom. The molecule has 7 nitrogen and oxygen atoms in total. The normalized spacial score (nSPS) is 19.1. The maximum atomic E-state index is 13.7. The highest BCUT2D eigenvalue weighted by molar-refractivity contribution is 6.05. The second kappa shape index (κ2) is 8.01. The minimum atomic E-state index is -0.371. The zero-order chi connectivity index (χ0) is 24.2. The van der Waals surface area contributed by atoms with Crippen LogP contribution in [-0.4, -0.2) is 34.5 Å². The zero-order valence-corrected chi connectivity index (χ0v) is 20.2. The molecule has 2 aliphatic rings. The average molecular weight is 458 g/mol. The Bertz CT molecular complexity index is 1290. The Morgan fingerprint density at radius 1 is 1.21 bits per heavy atom. The van der Waals surface area contributed by atoms with Gasteiger partial charge < -0.3 is 20.1 Å². The van der Waals surface area contributed by atoms with E-state index in [0.29, 0.717) is 18.8 Å². The second-order valence-corrected chi connectivity index (χ2v) is 10.2. The lowest BCUT2D eigenvalue weighted by atomic mass is 9.82. The number of benzene rings is 2. The van der Waals surface area contributed by atoms with Crippen LogP contribution in [0, 0.1) is 19.8 Å². The molecule has 0 radical (unpaired) electrons. The Kier molecular flexibility index (Phi) is 5.23. The molecule has 3 heterocycles. The summed E-state index contributed by atoms with van der Waals surface area (Å²) in [6.45, 7) is 10.3. The maximum Gasteiger partial charge on any atom is 0.232 e. The van der Waals surface area contributed by atoms with Crippen molar-refractivity contribution in [1.82, 2.24) is 9.55 Å². The van der Waals surface area contributed by atoms with E-state index in [1.54, 1.807) is 17.0 Å². The van der Waals surface area contributed by atoms with Gasteiger partial charge in [0.25, 0.3) is 0 Å². The number of nitrogens with zero attached hydrogens (tertiary/aromatic N) is 4. The maximum absolute atomic E-state index is 13.7. The second-order valence-electron chi connectivity index (χ2n) is 10.2. The highest BCUT2D eigenvalue weighted by Crippen LogP contribution is 2.44. The molecule has 2 aromatic carbocycles. The first-order valence-electron chi connectivity index (χ1n) is 11.7. The number of anilines is 3. The van der Waals surface area contributed by atoms with Gasteiger partial charge in [0.05, 0.1) is 5.92 Å². The van der Waals surface area contributed by atoms with Gasteiger partial charge in [0.15, 0.2) is 0 Å². The molecule has 2 N–H and O–H groups in total. The van der Waals surface area contributed by atoms with Crippen LogP contribution in [0.4, 0.5) is 17.1 Å². The third-order valence-corrected chi connectivity index (χ3v) is 7.26. The number of carbonyl (C=O) groups is 2. The molecule has 176 valence electrons. The molecule has 0 saturated carbocycles. The van der Waals surface area contributed by atoms with E-state index in [4.69, 9.17) is 5.73 Å². The average Bonchev–Trinajstić information content (AvgIpc) is 3.45. The van der Waals surface area contributed by atoms with E-state index < -0.39 is 0 Å². The first-order valence-corrected chi connectivity index (χ1v) is 11.7. The van der Waals surface area contributed by atoms with E-state index in [1.807, 2.05) is 36.4 Å². The van der Waals surface area contributed by atoms with Gasteiger partial charge in [0.2, 0.25) is 11.8 Å². The van der Waals surface area contributed by atoms with Crippen molar-refractivity contribution in [2.45, 2.75) is 46.1 Å². The Hall–Kier alpha value is -3.61. The highest BCUT2D eigenvalue weighted by Gasteiger charge is 2.44. The summed E-state index contributed by atoms with van der Waals surface area (Å²) in [4.78, 5) is 34.4. The highest BCUT2D eigenvalue weighted by atomic mass is 16.2. The van der Waals surface area contributed by atoms with Gasteiger partial charge in [-0.2, -0.15) is 0 Å². The lowest BCUT2D eigenvalue weighted by Crippen LogP contribution is -2.39. The van der Waals surface area contributed by atoms with Crippen molar-refractivity contribution in [2.24, 2.45) is 5.92 Å². The molecule has 7 heteroatoms. The van der Waals surface area contributed by atoms with Crippen molar-refractivity contribution < 1.29 is 9.59 Å². The molecule has 0 bridgehead atoms. The van der Waals surface area contributed by atoms with E-state index in [1.165, 1.54) is 16.7 Å². The minimum Gasteiger partial charge on any atom is -0.399 e. The fourth-order valence-corrected chi connectivity index (χ4v) is 5.54. The predicted molar refractivity (Wildman–Crippen MR) is 134 cm³/mol. The quantitative estimate of drug-likeness (QED) is 0.604. The molecule has 1 fully saturated rings. The largest absolute Gasteiger partial charge is 0.399 e. The first-order chi connectivity index (χ1) is 16.2. The van der Waals surface area contributed by atoms with Crippen LogP contribution < -0.4 is 15.5 Å². The van der Waals surface area contributed by atoms with Gasteiger partial charge in [0, 0.05) is 60.9 Å². The summed E-state index contributed by atoms with van der Waals surface area (Å²) in [6.07, 6.45) is 4.03. The third kappa shape index (κ3) is 3.65. The van der Waals surface area contributed by atoms with Crippen molar-refractivity contribution >= 4 is 28.9 Å². The number of hydrogen-bond donors (Lipinski definition) is 1. The van der Waals surface area contributed by atoms with Crippen LogP contribution in [0.15, 0.2) is 48.8 Å². The molecule has 2 amide bonds. The Morgan fingerprint density at radius 3 is 2.71 bits per heavy atom. The summed E-state index contributed by atoms with van der Waals surface area (Å²) in [7, 11) is 0. The van der Waals surface area contributed by atoms with Gasteiger partial charge in [-0.05, 0) is 54.8 Å².